The molecule has 0 aromatic heterocycles. The lowest BCUT2D eigenvalue weighted by atomic mass is 10.2. The Morgan fingerprint density at radius 1 is 1.39 bits per heavy atom. The van der Waals surface area contributed by atoms with E-state index in [2.05, 4.69) is 5.32 Å². The van der Waals surface area contributed by atoms with E-state index in [0.717, 1.165) is 4.90 Å². The molecule has 0 aromatic carbocycles. The van der Waals surface area contributed by atoms with Crippen LogP contribution in [-0.4, -0.2) is 55.2 Å². The van der Waals surface area contributed by atoms with Crippen LogP contribution in [0.15, 0.2) is 12.2 Å². The number of carboxylic acids is 1. The molecule has 0 rings (SSSR count). The Bertz CT molecular complexity index is 338. The molecule has 102 valence electrons. The molecule has 0 unspecified atom stereocenters. The number of allylic oxidation sites excluding steroid dienone is 1. The summed E-state index contributed by atoms with van der Waals surface area (Å²) in [6.07, 6.45) is 1.34. The van der Waals surface area contributed by atoms with E-state index in [1.807, 2.05) is 0 Å². The van der Waals surface area contributed by atoms with Crippen LogP contribution in [0.2, 0.25) is 0 Å². The molecule has 0 saturated carbocycles. The summed E-state index contributed by atoms with van der Waals surface area (Å²) in [7, 11) is 4.42. The van der Waals surface area contributed by atoms with Crippen molar-refractivity contribution in [1.82, 2.24) is 10.2 Å². The van der Waals surface area contributed by atoms with E-state index in [9.17, 15) is 14.4 Å². The second kappa shape index (κ2) is 8.10. The molecule has 2 N–H and O–H groups in total. The number of carbonyl (C=O) groups is 3. The molecule has 0 aliphatic heterocycles. The maximum absolute atomic E-state index is 11.2. The number of aliphatic carboxylic acids is 1. The van der Waals surface area contributed by atoms with Crippen molar-refractivity contribution in [3.05, 3.63) is 12.2 Å². The van der Waals surface area contributed by atoms with Crippen LogP contribution in [0, 0.1) is 0 Å². The van der Waals surface area contributed by atoms with E-state index < -0.39 is 18.2 Å². The van der Waals surface area contributed by atoms with Crippen molar-refractivity contribution in [2.75, 3.05) is 21.1 Å². The van der Waals surface area contributed by atoms with Crippen LogP contribution >= 0.6 is 0 Å². The lowest BCUT2D eigenvalue weighted by Crippen LogP contribution is -2.32. The van der Waals surface area contributed by atoms with Crippen molar-refractivity contribution in [2.24, 2.45) is 0 Å². The van der Waals surface area contributed by atoms with Crippen molar-refractivity contribution in [1.29, 1.82) is 0 Å². The Labute approximate surface area is 105 Å². The van der Waals surface area contributed by atoms with Gasteiger partial charge in [-0.3, -0.25) is 4.79 Å². The standard InChI is InChI=1S/C11H18N2O5/c1-12-9(14)7-5-4-6-8(10(15)16)18-11(17)13(2)3/h5,7-8H,4,6H2,1-3H3,(H,12,14)(H,15,16)/b7-5+/t8-/m0/s1. The Balaban J connectivity index is 4.22. The average Bonchev–Trinajstić information content (AvgIpc) is 2.31. The summed E-state index contributed by atoms with van der Waals surface area (Å²) >= 11 is 0. The van der Waals surface area contributed by atoms with Crippen molar-refractivity contribution < 1.29 is 24.2 Å². The monoisotopic (exact) mass is 258 g/mol. The number of likely N-dealkylation sites (N-methyl/N-ethyl adjacent to an activating group) is 1. The molecule has 0 fully saturated rings. The molecule has 0 bridgehead atoms. The van der Waals surface area contributed by atoms with E-state index in [1.165, 1.54) is 33.3 Å². The first-order chi connectivity index (χ1) is 8.38. The van der Waals surface area contributed by atoms with E-state index in [4.69, 9.17) is 9.84 Å². The predicted molar refractivity (Wildman–Crippen MR) is 64.0 cm³/mol. The van der Waals surface area contributed by atoms with Gasteiger partial charge in [-0.1, -0.05) is 6.08 Å². The smallest absolute Gasteiger partial charge is 0.410 e. The molecule has 7 heteroatoms. The lowest BCUT2D eigenvalue weighted by molar-refractivity contribution is -0.147. The van der Waals surface area contributed by atoms with E-state index >= 15 is 0 Å². The molecule has 0 saturated heterocycles. The fourth-order valence-corrected chi connectivity index (χ4v) is 0.981. The normalized spacial score (nSPS) is 11.9. The first-order valence-corrected chi connectivity index (χ1v) is 5.37. The fourth-order valence-electron chi connectivity index (χ4n) is 0.981. The number of rotatable bonds is 6. The first kappa shape index (κ1) is 16.0. The highest BCUT2D eigenvalue weighted by atomic mass is 16.6. The third-order valence-corrected chi connectivity index (χ3v) is 1.99. The van der Waals surface area contributed by atoms with Crippen molar-refractivity contribution in [2.45, 2.75) is 18.9 Å². The summed E-state index contributed by atoms with van der Waals surface area (Å²) in [5, 5.41) is 11.2. The molecule has 18 heavy (non-hydrogen) atoms. The van der Waals surface area contributed by atoms with Crippen LogP contribution in [0.5, 0.6) is 0 Å². The van der Waals surface area contributed by atoms with E-state index in [0.29, 0.717) is 6.42 Å². The van der Waals surface area contributed by atoms with Gasteiger partial charge >= 0.3 is 12.1 Å². The highest BCUT2D eigenvalue weighted by molar-refractivity contribution is 5.87. The maximum Gasteiger partial charge on any atom is 0.410 e. The van der Waals surface area contributed by atoms with Crippen LogP contribution in [0.25, 0.3) is 0 Å². The number of amides is 2. The van der Waals surface area contributed by atoms with E-state index in [-0.39, 0.29) is 12.3 Å². The predicted octanol–water partition coefficient (Wildman–Crippen LogP) is 0.220. The molecule has 0 aromatic rings. The molecule has 1 atom stereocenters. The lowest BCUT2D eigenvalue weighted by Gasteiger charge is -2.16. The van der Waals surface area contributed by atoms with Gasteiger partial charge in [-0.05, 0) is 18.9 Å². The maximum atomic E-state index is 11.2. The highest BCUT2D eigenvalue weighted by Crippen LogP contribution is 2.05. The van der Waals surface area contributed by atoms with Gasteiger partial charge in [-0.2, -0.15) is 0 Å². The number of nitrogens with zero attached hydrogens (tertiary/aromatic N) is 1. The van der Waals surface area contributed by atoms with Crippen molar-refractivity contribution >= 4 is 18.0 Å². The highest BCUT2D eigenvalue weighted by Gasteiger charge is 2.22. The van der Waals surface area contributed by atoms with Gasteiger partial charge in [0.2, 0.25) is 12.0 Å². The van der Waals surface area contributed by atoms with Crippen molar-refractivity contribution in [3.8, 4) is 0 Å². The van der Waals surface area contributed by atoms with Gasteiger partial charge in [0, 0.05) is 21.1 Å². The molecule has 0 radical (unpaired) electrons. The Morgan fingerprint density at radius 2 is 2.00 bits per heavy atom. The number of hydrogen-bond donors (Lipinski definition) is 2. The van der Waals surface area contributed by atoms with Gasteiger partial charge in [-0.15, -0.1) is 0 Å². The number of carboxylic acid groups (broad SMARTS) is 1. The zero-order valence-corrected chi connectivity index (χ0v) is 10.7. The first-order valence-electron chi connectivity index (χ1n) is 5.37. The molecular weight excluding hydrogens is 240 g/mol. The summed E-state index contributed by atoms with van der Waals surface area (Å²) < 4.78 is 4.76. The zero-order valence-electron chi connectivity index (χ0n) is 10.7. The summed E-state index contributed by atoms with van der Waals surface area (Å²) in [4.78, 5) is 34.0. The van der Waals surface area contributed by atoms with Gasteiger partial charge < -0.3 is 20.1 Å². The minimum Gasteiger partial charge on any atom is -0.479 e. The summed E-state index contributed by atoms with van der Waals surface area (Å²) in [6.45, 7) is 0. The summed E-state index contributed by atoms with van der Waals surface area (Å²) in [5.41, 5.74) is 0. The molecule has 0 heterocycles. The van der Waals surface area contributed by atoms with Gasteiger partial charge in [0.05, 0.1) is 0 Å². The SMILES string of the molecule is CNC(=O)/C=C/CC[C@H](OC(=O)N(C)C)C(=O)O. The number of nitrogens with one attached hydrogen (secondary N) is 1. The molecule has 7 nitrogen and oxygen atoms in total. The summed E-state index contributed by atoms with van der Waals surface area (Å²) in [6, 6.07) is 0. The van der Waals surface area contributed by atoms with E-state index in [1.54, 1.807) is 0 Å². The Kier molecular flexibility index (Phi) is 7.18. The van der Waals surface area contributed by atoms with Crippen LogP contribution in [0.1, 0.15) is 12.8 Å². The van der Waals surface area contributed by atoms with Crippen molar-refractivity contribution in [3.63, 3.8) is 0 Å². The Hall–Kier alpha value is -2.05. The number of ether oxygens (including phenoxy) is 1. The second-order valence-corrected chi connectivity index (χ2v) is 3.70. The van der Waals surface area contributed by atoms with Gasteiger partial charge in [-0.25, -0.2) is 9.59 Å². The van der Waals surface area contributed by atoms with Gasteiger partial charge in [0.15, 0.2) is 0 Å². The minimum atomic E-state index is -1.21. The van der Waals surface area contributed by atoms with Crippen LogP contribution < -0.4 is 5.32 Å². The third-order valence-electron chi connectivity index (χ3n) is 1.99. The quantitative estimate of drug-likeness (QED) is 0.664. The fraction of sp³-hybridized carbons (Fsp3) is 0.545. The molecular formula is C11H18N2O5. The summed E-state index contributed by atoms with van der Waals surface area (Å²) in [5.74, 6) is -1.48. The molecule has 0 aliphatic carbocycles. The minimum absolute atomic E-state index is 0.113. The van der Waals surface area contributed by atoms with Crippen LogP contribution in [0.3, 0.4) is 0 Å². The molecule has 0 spiro atoms. The van der Waals surface area contributed by atoms with Gasteiger partial charge in [0.25, 0.3) is 0 Å². The van der Waals surface area contributed by atoms with Crippen LogP contribution in [-0.2, 0) is 14.3 Å². The topological polar surface area (TPSA) is 95.9 Å². The Morgan fingerprint density at radius 3 is 2.44 bits per heavy atom. The third kappa shape index (κ3) is 6.51. The molecule has 0 aliphatic rings. The number of carbonyl (C=O) groups excluding carboxylic acids is 2. The average molecular weight is 258 g/mol. The second-order valence-electron chi connectivity index (χ2n) is 3.70. The van der Waals surface area contributed by atoms with Crippen LogP contribution in [0.4, 0.5) is 4.79 Å². The largest absolute Gasteiger partial charge is 0.479 e. The molecule has 2 amide bonds. The zero-order chi connectivity index (χ0) is 14.1. The number of hydrogen-bond acceptors (Lipinski definition) is 4. The van der Waals surface area contributed by atoms with Gasteiger partial charge in [0.1, 0.15) is 0 Å².